The molecule has 1 aliphatic rings. The van der Waals surface area contributed by atoms with Crippen molar-refractivity contribution < 1.29 is 9.53 Å². The Kier molecular flexibility index (Phi) is 11.6. The van der Waals surface area contributed by atoms with Crippen molar-refractivity contribution in [3.8, 4) is 0 Å². The molecule has 0 bridgehead atoms. The molecular weight excluding hydrogens is 529 g/mol. The Morgan fingerprint density at radius 1 is 1.12 bits per heavy atom. The number of ether oxygens (including phenoxy) is 1. The van der Waals surface area contributed by atoms with Crippen molar-refractivity contribution in [1.82, 2.24) is 20.9 Å². The Morgan fingerprint density at radius 2 is 1.88 bits per heavy atom. The van der Waals surface area contributed by atoms with Crippen LogP contribution >= 0.6 is 24.0 Å². The van der Waals surface area contributed by atoms with E-state index in [4.69, 9.17) is 4.74 Å². The summed E-state index contributed by atoms with van der Waals surface area (Å²) in [5, 5.41) is 9.57. The van der Waals surface area contributed by atoms with Gasteiger partial charge in [0, 0.05) is 45.8 Å². The van der Waals surface area contributed by atoms with E-state index in [1.807, 2.05) is 24.3 Å². The first-order valence-corrected chi connectivity index (χ1v) is 11.2. The summed E-state index contributed by atoms with van der Waals surface area (Å²) in [6.45, 7) is 7.00. The number of carbonyl (C=O) groups is 1. The minimum atomic E-state index is -0.0670. The molecule has 1 aliphatic heterocycles. The summed E-state index contributed by atoms with van der Waals surface area (Å²) in [5.74, 6) is 0.709. The second-order valence-corrected chi connectivity index (χ2v) is 7.99. The van der Waals surface area contributed by atoms with Crippen LogP contribution in [0.3, 0.4) is 0 Å². The lowest BCUT2D eigenvalue weighted by atomic mass is 10.0. The Balaban J connectivity index is 0.00000385. The number of halogens is 1. The SMILES string of the molecule is CN=C(NCCc1cccc(C(=O)NC)c1)NCC(c1cccc(C)c1)N1CCOCC1.I. The highest BCUT2D eigenvalue weighted by molar-refractivity contribution is 14.0. The van der Waals surface area contributed by atoms with Crippen molar-refractivity contribution in [2.24, 2.45) is 4.99 Å². The van der Waals surface area contributed by atoms with Gasteiger partial charge in [-0.25, -0.2) is 0 Å². The minimum Gasteiger partial charge on any atom is -0.379 e. The van der Waals surface area contributed by atoms with Crippen molar-refractivity contribution in [2.75, 3.05) is 53.5 Å². The first-order chi connectivity index (χ1) is 15.6. The van der Waals surface area contributed by atoms with Gasteiger partial charge in [-0.1, -0.05) is 42.0 Å². The van der Waals surface area contributed by atoms with Crippen molar-refractivity contribution in [3.05, 3.63) is 70.8 Å². The summed E-state index contributed by atoms with van der Waals surface area (Å²) < 4.78 is 5.56. The molecule has 1 atom stereocenters. The van der Waals surface area contributed by atoms with Gasteiger partial charge in [0.2, 0.25) is 0 Å². The molecule has 180 valence electrons. The lowest BCUT2D eigenvalue weighted by Crippen LogP contribution is -2.46. The first kappa shape index (κ1) is 27.1. The molecule has 0 saturated carbocycles. The molecule has 1 fully saturated rings. The fourth-order valence-electron chi connectivity index (χ4n) is 3.98. The van der Waals surface area contributed by atoms with Crippen LogP contribution in [-0.4, -0.2) is 70.3 Å². The van der Waals surface area contributed by atoms with E-state index in [0.29, 0.717) is 5.56 Å². The Morgan fingerprint density at radius 3 is 2.58 bits per heavy atom. The van der Waals surface area contributed by atoms with Gasteiger partial charge in [-0.3, -0.25) is 14.7 Å². The van der Waals surface area contributed by atoms with E-state index in [-0.39, 0.29) is 35.9 Å². The second kappa shape index (κ2) is 14.2. The lowest BCUT2D eigenvalue weighted by molar-refractivity contribution is 0.0170. The highest BCUT2D eigenvalue weighted by Crippen LogP contribution is 2.22. The molecule has 1 amide bonds. The minimum absolute atomic E-state index is 0. The van der Waals surface area contributed by atoms with Crippen molar-refractivity contribution in [1.29, 1.82) is 0 Å². The lowest BCUT2D eigenvalue weighted by Gasteiger charge is -2.35. The van der Waals surface area contributed by atoms with Crippen LogP contribution in [0.25, 0.3) is 0 Å². The third-order valence-corrected chi connectivity index (χ3v) is 5.72. The van der Waals surface area contributed by atoms with Crippen LogP contribution < -0.4 is 16.0 Å². The van der Waals surface area contributed by atoms with Gasteiger partial charge in [0.15, 0.2) is 5.96 Å². The predicted molar refractivity (Wildman–Crippen MR) is 145 cm³/mol. The fraction of sp³-hybridized carbons (Fsp3) is 0.440. The molecule has 0 spiro atoms. The number of rotatable bonds is 8. The van der Waals surface area contributed by atoms with Crippen LogP contribution in [0.4, 0.5) is 0 Å². The maximum Gasteiger partial charge on any atom is 0.251 e. The van der Waals surface area contributed by atoms with E-state index in [1.54, 1.807) is 14.1 Å². The number of nitrogens with zero attached hydrogens (tertiary/aromatic N) is 2. The second-order valence-electron chi connectivity index (χ2n) is 7.99. The molecule has 3 N–H and O–H groups in total. The quantitative estimate of drug-likeness (QED) is 0.261. The number of guanidine groups is 1. The highest BCUT2D eigenvalue weighted by atomic mass is 127. The Hall–Kier alpha value is -2.17. The van der Waals surface area contributed by atoms with Crippen molar-refractivity contribution in [3.63, 3.8) is 0 Å². The molecular formula is C25H36IN5O2. The van der Waals surface area contributed by atoms with Crippen molar-refractivity contribution >= 4 is 35.8 Å². The average Bonchev–Trinajstić information content (AvgIpc) is 2.83. The van der Waals surface area contributed by atoms with Crippen LogP contribution in [0, 0.1) is 6.92 Å². The maximum absolute atomic E-state index is 11.8. The van der Waals surface area contributed by atoms with Crippen LogP contribution in [0.2, 0.25) is 0 Å². The molecule has 1 heterocycles. The predicted octanol–water partition coefficient (Wildman–Crippen LogP) is 2.75. The number of aliphatic imine (C=N–C) groups is 1. The number of amides is 1. The van der Waals surface area contributed by atoms with Crippen LogP contribution in [0.15, 0.2) is 53.5 Å². The molecule has 7 nitrogen and oxygen atoms in total. The number of morpholine rings is 1. The number of carbonyl (C=O) groups excluding carboxylic acids is 1. The molecule has 8 heteroatoms. The van der Waals surface area contributed by atoms with Crippen LogP contribution in [0.5, 0.6) is 0 Å². The van der Waals surface area contributed by atoms with Crippen molar-refractivity contribution in [2.45, 2.75) is 19.4 Å². The molecule has 1 saturated heterocycles. The molecule has 2 aromatic rings. The standard InChI is InChI=1S/C25H35N5O2.HI/c1-19-6-4-8-21(16-19)23(30-12-14-32-15-13-30)18-29-25(27-3)28-11-10-20-7-5-9-22(17-20)24(31)26-2;/h4-9,16-17,23H,10-15,18H2,1-3H3,(H,26,31)(H2,27,28,29);1H. The van der Waals surface area contributed by atoms with E-state index in [1.165, 1.54) is 11.1 Å². The van der Waals surface area contributed by atoms with E-state index in [0.717, 1.165) is 57.3 Å². The summed E-state index contributed by atoms with van der Waals surface area (Å²) >= 11 is 0. The molecule has 0 aliphatic carbocycles. The number of aryl methyl sites for hydroxylation is 1. The first-order valence-electron chi connectivity index (χ1n) is 11.2. The molecule has 1 unspecified atom stereocenters. The molecule has 0 radical (unpaired) electrons. The van der Waals surface area contributed by atoms with Gasteiger partial charge in [-0.05, 0) is 36.6 Å². The number of hydrogen-bond acceptors (Lipinski definition) is 4. The average molecular weight is 566 g/mol. The Bertz CT molecular complexity index is 915. The number of benzene rings is 2. The van der Waals surface area contributed by atoms with Gasteiger partial charge in [-0.15, -0.1) is 24.0 Å². The van der Waals surface area contributed by atoms with Gasteiger partial charge >= 0.3 is 0 Å². The molecule has 0 aromatic heterocycles. The zero-order valence-electron chi connectivity index (χ0n) is 19.8. The monoisotopic (exact) mass is 565 g/mol. The zero-order chi connectivity index (χ0) is 22.8. The highest BCUT2D eigenvalue weighted by Gasteiger charge is 2.23. The molecule has 2 aromatic carbocycles. The van der Waals surface area contributed by atoms with E-state index in [2.05, 4.69) is 57.0 Å². The largest absolute Gasteiger partial charge is 0.379 e. The zero-order valence-corrected chi connectivity index (χ0v) is 22.1. The van der Waals surface area contributed by atoms with E-state index in [9.17, 15) is 4.79 Å². The molecule has 33 heavy (non-hydrogen) atoms. The fourth-order valence-corrected chi connectivity index (χ4v) is 3.98. The van der Waals surface area contributed by atoms with Gasteiger partial charge in [-0.2, -0.15) is 0 Å². The maximum atomic E-state index is 11.8. The van der Waals surface area contributed by atoms with Gasteiger partial charge in [0.25, 0.3) is 5.91 Å². The summed E-state index contributed by atoms with van der Waals surface area (Å²) in [4.78, 5) is 18.7. The third-order valence-electron chi connectivity index (χ3n) is 5.72. The van der Waals surface area contributed by atoms with Gasteiger partial charge in [0.05, 0.1) is 19.3 Å². The van der Waals surface area contributed by atoms with Crippen LogP contribution in [0.1, 0.15) is 33.1 Å². The summed E-state index contributed by atoms with van der Waals surface area (Å²) in [6.07, 6.45) is 0.802. The Labute approximate surface area is 214 Å². The third kappa shape index (κ3) is 8.28. The summed E-state index contributed by atoms with van der Waals surface area (Å²) in [5.41, 5.74) is 4.36. The number of nitrogens with one attached hydrogen (secondary N) is 3. The van der Waals surface area contributed by atoms with Crippen LogP contribution in [-0.2, 0) is 11.2 Å². The summed E-state index contributed by atoms with van der Waals surface area (Å²) in [7, 11) is 3.44. The normalized spacial score (nSPS) is 15.3. The smallest absolute Gasteiger partial charge is 0.251 e. The van der Waals surface area contributed by atoms with E-state index < -0.39 is 0 Å². The van der Waals surface area contributed by atoms with Gasteiger partial charge in [0.1, 0.15) is 0 Å². The summed E-state index contributed by atoms with van der Waals surface area (Å²) in [6, 6.07) is 16.7. The van der Waals surface area contributed by atoms with E-state index >= 15 is 0 Å². The van der Waals surface area contributed by atoms with Gasteiger partial charge < -0.3 is 20.7 Å². The molecule has 3 rings (SSSR count). The topological polar surface area (TPSA) is 78.0 Å². The number of hydrogen-bond donors (Lipinski definition) is 3.